The van der Waals surface area contributed by atoms with Crippen molar-refractivity contribution >= 4 is 34.1 Å². The van der Waals surface area contributed by atoms with Crippen molar-refractivity contribution in [3.8, 4) is 0 Å². The number of carbonyl (C=O) groups is 1. The number of nitrogens with zero attached hydrogens (tertiary/aromatic N) is 3. The lowest BCUT2D eigenvalue weighted by Gasteiger charge is -2.05. The van der Waals surface area contributed by atoms with Crippen LogP contribution in [0.25, 0.3) is 5.65 Å². The predicted molar refractivity (Wildman–Crippen MR) is 95.6 cm³/mol. The molecule has 118 valence electrons. The number of aromatic nitrogens is 3. The summed E-state index contributed by atoms with van der Waals surface area (Å²) in [6.07, 6.45) is 2.33. The molecule has 0 saturated heterocycles. The first kappa shape index (κ1) is 15.7. The van der Waals surface area contributed by atoms with Crippen molar-refractivity contribution in [3.63, 3.8) is 0 Å². The Morgan fingerprint density at radius 2 is 1.96 bits per heavy atom. The summed E-state index contributed by atoms with van der Waals surface area (Å²) in [6, 6.07) is 12.8. The van der Waals surface area contributed by atoms with E-state index in [1.54, 1.807) is 30.5 Å². The lowest BCUT2D eigenvalue weighted by molar-refractivity contribution is 0.0952. The summed E-state index contributed by atoms with van der Waals surface area (Å²) in [4.78, 5) is 24.1. The van der Waals surface area contributed by atoms with Gasteiger partial charge in [-0.3, -0.25) is 9.20 Å². The Balaban J connectivity index is 1.55. The summed E-state index contributed by atoms with van der Waals surface area (Å²) in [5.74, 6) is -0.108. The van der Waals surface area contributed by atoms with E-state index in [-0.39, 0.29) is 11.6 Å². The van der Waals surface area contributed by atoms with Gasteiger partial charge in [0.25, 0.3) is 5.91 Å². The molecule has 23 heavy (non-hydrogen) atoms. The third-order valence-electron chi connectivity index (χ3n) is 3.43. The predicted octanol–water partition coefficient (Wildman–Crippen LogP) is 1.92. The molecule has 0 aliphatic heterocycles. The SMILES string of the molecule is O=C(NCCCn1nc2ccccn2c1=O)c1ccc(I)cc1. The molecule has 3 rings (SSSR count). The van der Waals surface area contributed by atoms with Crippen LogP contribution in [-0.4, -0.2) is 26.6 Å². The van der Waals surface area contributed by atoms with Crippen LogP contribution < -0.4 is 11.0 Å². The molecule has 1 N–H and O–H groups in total. The summed E-state index contributed by atoms with van der Waals surface area (Å²) < 4.78 is 4.02. The molecule has 1 aromatic carbocycles. The monoisotopic (exact) mass is 422 g/mol. The van der Waals surface area contributed by atoms with E-state index in [2.05, 4.69) is 33.0 Å². The topological polar surface area (TPSA) is 68.4 Å². The molecule has 0 spiro atoms. The molecule has 0 aliphatic carbocycles. The number of benzene rings is 1. The molecule has 0 atom stereocenters. The highest BCUT2D eigenvalue weighted by molar-refractivity contribution is 14.1. The van der Waals surface area contributed by atoms with Crippen LogP contribution in [0.3, 0.4) is 0 Å². The molecule has 0 bridgehead atoms. The number of nitrogens with one attached hydrogen (secondary N) is 1. The lowest BCUT2D eigenvalue weighted by Crippen LogP contribution is -2.27. The Kier molecular flexibility index (Phi) is 4.75. The van der Waals surface area contributed by atoms with Gasteiger partial charge < -0.3 is 5.32 Å². The number of halogens is 1. The molecular formula is C16H15IN4O2. The van der Waals surface area contributed by atoms with E-state index in [1.165, 1.54) is 9.08 Å². The van der Waals surface area contributed by atoms with Crippen LogP contribution in [0.1, 0.15) is 16.8 Å². The average Bonchev–Trinajstić information content (AvgIpc) is 2.89. The maximum Gasteiger partial charge on any atom is 0.350 e. The van der Waals surface area contributed by atoms with Crippen molar-refractivity contribution in [3.05, 3.63) is 68.3 Å². The molecule has 0 saturated carbocycles. The van der Waals surface area contributed by atoms with Gasteiger partial charge in [-0.2, -0.15) is 0 Å². The van der Waals surface area contributed by atoms with Crippen molar-refractivity contribution in [2.45, 2.75) is 13.0 Å². The normalized spacial score (nSPS) is 10.8. The van der Waals surface area contributed by atoms with Gasteiger partial charge in [0.05, 0.1) is 0 Å². The van der Waals surface area contributed by atoms with Crippen molar-refractivity contribution in [2.24, 2.45) is 0 Å². The number of rotatable bonds is 5. The largest absolute Gasteiger partial charge is 0.352 e. The third-order valence-corrected chi connectivity index (χ3v) is 4.15. The fourth-order valence-electron chi connectivity index (χ4n) is 2.25. The van der Waals surface area contributed by atoms with Crippen LogP contribution in [0.4, 0.5) is 0 Å². The molecule has 2 heterocycles. The van der Waals surface area contributed by atoms with Gasteiger partial charge in [0.15, 0.2) is 5.65 Å². The number of pyridine rings is 1. The molecule has 0 radical (unpaired) electrons. The molecule has 3 aromatic rings. The molecular weight excluding hydrogens is 407 g/mol. The summed E-state index contributed by atoms with van der Waals surface area (Å²) in [6.45, 7) is 0.957. The number of fused-ring (bicyclic) bond motifs is 1. The first-order valence-electron chi connectivity index (χ1n) is 7.23. The van der Waals surface area contributed by atoms with E-state index in [1.807, 2.05) is 18.2 Å². The van der Waals surface area contributed by atoms with Crippen LogP contribution in [0.5, 0.6) is 0 Å². The maximum absolute atomic E-state index is 12.1. The smallest absolute Gasteiger partial charge is 0.350 e. The fraction of sp³-hybridized carbons (Fsp3) is 0.188. The minimum atomic E-state index is -0.162. The van der Waals surface area contributed by atoms with E-state index < -0.39 is 0 Å². The van der Waals surface area contributed by atoms with E-state index in [4.69, 9.17) is 0 Å². The summed E-state index contributed by atoms with van der Waals surface area (Å²) in [5, 5.41) is 7.10. The van der Waals surface area contributed by atoms with Crippen molar-refractivity contribution in [2.75, 3.05) is 6.54 Å². The Hall–Kier alpha value is -2.16. The second-order valence-corrected chi connectivity index (χ2v) is 6.30. The fourth-order valence-corrected chi connectivity index (χ4v) is 2.61. The van der Waals surface area contributed by atoms with Crippen LogP contribution >= 0.6 is 22.6 Å². The molecule has 6 nitrogen and oxygen atoms in total. The Labute approximate surface area is 146 Å². The highest BCUT2D eigenvalue weighted by atomic mass is 127. The zero-order valence-corrected chi connectivity index (χ0v) is 14.4. The maximum atomic E-state index is 12.1. The molecule has 0 unspecified atom stereocenters. The third kappa shape index (κ3) is 3.61. The number of aryl methyl sites for hydroxylation is 1. The first-order chi connectivity index (χ1) is 11.1. The minimum absolute atomic E-state index is 0.108. The van der Waals surface area contributed by atoms with Gasteiger partial charge in [0, 0.05) is 28.4 Å². The minimum Gasteiger partial charge on any atom is -0.352 e. The van der Waals surface area contributed by atoms with Crippen molar-refractivity contribution in [1.82, 2.24) is 19.5 Å². The number of carbonyl (C=O) groups excluding carboxylic acids is 1. The number of hydrogen-bond acceptors (Lipinski definition) is 3. The van der Waals surface area contributed by atoms with Gasteiger partial charge in [-0.25, -0.2) is 9.48 Å². The molecule has 0 fully saturated rings. The van der Waals surface area contributed by atoms with Gasteiger partial charge in [-0.05, 0) is 65.4 Å². The average molecular weight is 422 g/mol. The Morgan fingerprint density at radius 3 is 2.70 bits per heavy atom. The highest BCUT2D eigenvalue weighted by Crippen LogP contribution is 2.06. The van der Waals surface area contributed by atoms with Gasteiger partial charge in [0.1, 0.15) is 0 Å². The van der Waals surface area contributed by atoms with Crippen LogP contribution in [0, 0.1) is 3.57 Å². The van der Waals surface area contributed by atoms with E-state index in [0.29, 0.717) is 30.7 Å². The second kappa shape index (κ2) is 6.95. The van der Waals surface area contributed by atoms with Gasteiger partial charge >= 0.3 is 5.69 Å². The van der Waals surface area contributed by atoms with Gasteiger partial charge in [0.2, 0.25) is 0 Å². The summed E-state index contributed by atoms with van der Waals surface area (Å²) in [7, 11) is 0. The van der Waals surface area contributed by atoms with Crippen LogP contribution in [0.15, 0.2) is 53.5 Å². The van der Waals surface area contributed by atoms with Crippen LogP contribution in [-0.2, 0) is 6.54 Å². The second-order valence-electron chi connectivity index (χ2n) is 5.05. The van der Waals surface area contributed by atoms with Gasteiger partial charge in [-0.1, -0.05) is 6.07 Å². The number of amides is 1. The lowest BCUT2D eigenvalue weighted by atomic mass is 10.2. The van der Waals surface area contributed by atoms with E-state index in [0.717, 1.165) is 3.57 Å². The van der Waals surface area contributed by atoms with Crippen molar-refractivity contribution in [1.29, 1.82) is 0 Å². The molecule has 1 amide bonds. The van der Waals surface area contributed by atoms with Crippen molar-refractivity contribution < 1.29 is 4.79 Å². The summed E-state index contributed by atoms with van der Waals surface area (Å²) >= 11 is 2.20. The summed E-state index contributed by atoms with van der Waals surface area (Å²) in [5.41, 5.74) is 1.10. The zero-order chi connectivity index (χ0) is 16.2. The van der Waals surface area contributed by atoms with Crippen LogP contribution in [0.2, 0.25) is 0 Å². The van der Waals surface area contributed by atoms with E-state index >= 15 is 0 Å². The van der Waals surface area contributed by atoms with Gasteiger partial charge in [-0.15, -0.1) is 5.10 Å². The Bertz CT molecular complexity index is 883. The standard InChI is InChI=1S/C16H15IN4O2/c17-13-7-5-12(6-8-13)15(22)18-9-3-11-21-16(23)20-10-2-1-4-14(20)19-21/h1-2,4-8,10H,3,9,11H2,(H,18,22). The number of hydrogen-bond donors (Lipinski definition) is 1. The molecule has 2 aromatic heterocycles. The molecule has 0 aliphatic rings. The highest BCUT2D eigenvalue weighted by Gasteiger charge is 2.07. The van der Waals surface area contributed by atoms with E-state index in [9.17, 15) is 9.59 Å². The Morgan fingerprint density at radius 1 is 1.17 bits per heavy atom. The molecule has 7 heteroatoms. The zero-order valence-electron chi connectivity index (χ0n) is 12.3. The quantitative estimate of drug-likeness (QED) is 0.505. The first-order valence-corrected chi connectivity index (χ1v) is 8.31.